The molecule has 4 heteroatoms. The van der Waals surface area contributed by atoms with E-state index in [4.69, 9.17) is 0 Å². The molecule has 0 bridgehead atoms. The molecular weight excluding hydrogens is 401 g/mol. The Balaban J connectivity index is 0. The van der Waals surface area contributed by atoms with E-state index in [0.29, 0.717) is 0 Å². The van der Waals surface area contributed by atoms with Gasteiger partial charge in [-0.3, -0.25) is 0 Å². The first kappa shape index (κ1) is 24.4. The summed E-state index contributed by atoms with van der Waals surface area (Å²) in [5, 5.41) is 0. The monoisotopic (exact) mass is 403 g/mol. The van der Waals surface area contributed by atoms with Crippen molar-refractivity contribution in [2.75, 3.05) is 0 Å². The van der Waals surface area contributed by atoms with Crippen molar-refractivity contribution in [2.24, 2.45) is 0 Å². The quantitative estimate of drug-likeness (QED) is 0.440. The van der Waals surface area contributed by atoms with Gasteiger partial charge in [-0.2, -0.15) is 0 Å². The van der Waals surface area contributed by atoms with Crippen molar-refractivity contribution < 1.29 is 5.48 Å². The molecule has 3 radical (unpaired) electrons. The molecule has 0 aliphatic heterocycles. The summed E-state index contributed by atoms with van der Waals surface area (Å²) in [6.07, 6.45) is 0. The molecule has 0 heterocycles. The van der Waals surface area contributed by atoms with Gasteiger partial charge in [0.1, 0.15) is 0 Å². The van der Waals surface area contributed by atoms with Gasteiger partial charge in [-0.25, -0.2) is 0 Å². The van der Waals surface area contributed by atoms with Crippen molar-refractivity contribution in [3.8, 4) is 0 Å². The van der Waals surface area contributed by atoms with Crippen molar-refractivity contribution in [3.05, 3.63) is 0 Å². The molecule has 15 valence electrons. The van der Waals surface area contributed by atoms with Crippen molar-refractivity contribution >= 4 is 126 Å². The zero-order chi connectivity index (χ0) is 0. The van der Waals surface area contributed by atoms with Crippen LogP contribution in [0.1, 0.15) is 0 Å². The van der Waals surface area contributed by atoms with Crippen molar-refractivity contribution in [3.63, 3.8) is 0 Å². The van der Waals surface area contributed by atoms with Gasteiger partial charge in [0.15, 0.2) is 0 Å². The normalized spacial score (nSPS) is 0. The van der Waals surface area contributed by atoms with Crippen LogP contribution in [0.4, 0.5) is 0 Å². The van der Waals surface area contributed by atoms with Crippen LogP contribution in [-0.2, 0) is 5.48 Å². The molecule has 0 aliphatic rings. The molecule has 1 nitrogen and oxygen atoms in total. The molecule has 0 amide bonds. The summed E-state index contributed by atoms with van der Waals surface area (Å²) in [6.45, 7) is 0. The first-order valence-electron chi connectivity index (χ1n) is 0. The summed E-state index contributed by atoms with van der Waals surface area (Å²) in [6, 6.07) is 0. The predicted octanol–water partition coefficient (Wildman–Crippen LogP) is -1.53. The molecular formula is HBaBiKO. The van der Waals surface area contributed by atoms with Crippen LogP contribution in [0, 0.1) is 0 Å². The van der Waals surface area contributed by atoms with E-state index in [9.17, 15) is 0 Å². The average molecular weight is 402 g/mol. The molecule has 0 saturated carbocycles. The Kier molecular flexibility index (Phi) is 95.9. The van der Waals surface area contributed by atoms with E-state index >= 15 is 0 Å². The van der Waals surface area contributed by atoms with Crippen LogP contribution in [0.2, 0.25) is 0 Å². The van der Waals surface area contributed by atoms with Gasteiger partial charge in [0.25, 0.3) is 0 Å². The Morgan fingerprint density at radius 3 is 1.00 bits per heavy atom. The number of rotatable bonds is 0. The second-order valence-electron chi connectivity index (χ2n) is 0. The van der Waals surface area contributed by atoms with Crippen LogP contribution in [0.25, 0.3) is 0 Å². The molecule has 0 saturated heterocycles. The summed E-state index contributed by atoms with van der Waals surface area (Å²) in [5.41, 5.74) is 0. The zero-order valence-electron chi connectivity index (χ0n) is 1.56. The molecule has 0 aromatic heterocycles. The van der Waals surface area contributed by atoms with Gasteiger partial charge in [0, 0.05) is 26.2 Å². The van der Waals surface area contributed by atoms with E-state index < -0.39 is 0 Å². The molecule has 0 unspecified atom stereocenters. The summed E-state index contributed by atoms with van der Waals surface area (Å²) >= 11 is 0. The second kappa shape index (κ2) is 15.7. The van der Waals surface area contributed by atoms with E-state index in [2.05, 4.69) is 0 Å². The summed E-state index contributed by atoms with van der Waals surface area (Å²) in [7, 11) is 0. The number of hydrogen-bond acceptors (Lipinski definition) is 0. The molecule has 0 fully saturated rings. The zero-order valence-corrected chi connectivity index (χ0v) is 9.48. The van der Waals surface area contributed by atoms with Gasteiger partial charge in [0.05, 0.1) is 0 Å². The standard InChI is InChI=1S/Ba.Bi.K.O.H/q+2;;;-2;. The summed E-state index contributed by atoms with van der Waals surface area (Å²) < 4.78 is 0. The van der Waals surface area contributed by atoms with E-state index in [0.717, 1.165) is 0 Å². The van der Waals surface area contributed by atoms with Gasteiger partial charge < -0.3 is 5.48 Å². The molecule has 0 aromatic carbocycles. The van der Waals surface area contributed by atoms with Crippen LogP contribution in [0.3, 0.4) is 0 Å². The molecule has 0 N–H and O–H groups in total. The molecule has 0 aromatic rings. The fraction of sp³-hybridized carbons (Fsp3) is 0. The maximum atomic E-state index is 0. The number of hydrogen-bond donors (Lipinski definition) is 0. The van der Waals surface area contributed by atoms with Crippen LogP contribution < -0.4 is 0 Å². The van der Waals surface area contributed by atoms with Crippen molar-refractivity contribution in [2.45, 2.75) is 0 Å². The van der Waals surface area contributed by atoms with E-state index in [-0.39, 0.29) is 132 Å². The van der Waals surface area contributed by atoms with Gasteiger partial charge in [-0.05, 0) is 0 Å². The predicted molar refractivity (Wildman–Crippen MR) is 19.3 cm³/mol. The fourth-order valence-corrected chi connectivity index (χ4v) is 0. The second-order valence-corrected chi connectivity index (χ2v) is 0. The summed E-state index contributed by atoms with van der Waals surface area (Å²) in [4.78, 5) is 0. The topological polar surface area (TPSA) is 28.5 Å². The van der Waals surface area contributed by atoms with E-state index in [1.54, 1.807) is 0 Å². The molecule has 0 atom stereocenters. The average Bonchev–Trinajstić information content (AvgIpc) is 0. The minimum absolute atomic E-state index is 0. The SMILES string of the molecule is [Ba+2].[Bi].[KH].[O-2]. The first-order chi connectivity index (χ1) is 0. The van der Waals surface area contributed by atoms with E-state index in [1.165, 1.54) is 0 Å². The van der Waals surface area contributed by atoms with Crippen LogP contribution >= 0.6 is 0 Å². The molecule has 0 aliphatic carbocycles. The van der Waals surface area contributed by atoms with Gasteiger partial charge in [0.2, 0.25) is 0 Å². The van der Waals surface area contributed by atoms with Crippen LogP contribution in [0.5, 0.6) is 0 Å². The largest absolute Gasteiger partial charge is 2.00 e. The maximum absolute atomic E-state index is 0. The Morgan fingerprint density at radius 2 is 1.00 bits per heavy atom. The molecule has 0 rings (SSSR count). The van der Waals surface area contributed by atoms with E-state index in [1.807, 2.05) is 0 Å². The molecule has 4 heavy (non-hydrogen) atoms. The third-order valence-corrected chi connectivity index (χ3v) is 0. The minimum atomic E-state index is 0. The van der Waals surface area contributed by atoms with Crippen LogP contribution in [0.15, 0.2) is 0 Å². The Morgan fingerprint density at radius 1 is 1.00 bits per heavy atom. The van der Waals surface area contributed by atoms with Gasteiger partial charge in [-0.15, -0.1) is 0 Å². The smallest absolute Gasteiger partial charge is 2.00 e. The van der Waals surface area contributed by atoms with Crippen molar-refractivity contribution in [1.82, 2.24) is 0 Å². The van der Waals surface area contributed by atoms with Crippen LogP contribution in [-0.4, -0.2) is 126 Å². The van der Waals surface area contributed by atoms with Gasteiger partial charge in [-0.1, -0.05) is 0 Å². The first-order valence-corrected chi connectivity index (χ1v) is 0. The third kappa shape index (κ3) is 9.41. The Bertz CT molecular complexity index is 8.00. The fourth-order valence-electron chi connectivity index (χ4n) is 0. The third-order valence-electron chi connectivity index (χ3n) is 0. The van der Waals surface area contributed by atoms with Crippen molar-refractivity contribution in [1.29, 1.82) is 0 Å². The molecule has 0 spiro atoms. The maximum Gasteiger partial charge on any atom is -2.00 e. The Labute approximate surface area is 128 Å². The minimum Gasteiger partial charge on any atom is -2.00 e. The van der Waals surface area contributed by atoms with Gasteiger partial charge >= 0.3 is 100 Å². The summed E-state index contributed by atoms with van der Waals surface area (Å²) in [5.74, 6) is 0. The Hall–Kier alpha value is 4.05.